The predicted molar refractivity (Wildman–Crippen MR) is 65.5 cm³/mol. The Labute approximate surface area is 105 Å². The van der Waals surface area contributed by atoms with Crippen LogP contribution in [0.15, 0.2) is 16.8 Å². The first kappa shape index (κ1) is 11.4. The standard InChI is InChI=1S/C13H16O3S/c14-12(11-2-6-17-8-11)10-1-4-16-13(7-10)3-5-15-9-13/h2,6,8,10H,1,3-5,7,9H2. The molecule has 2 unspecified atom stereocenters. The highest BCUT2D eigenvalue weighted by Gasteiger charge is 2.42. The molecule has 0 radical (unpaired) electrons. The number of Topliss-reactive ketones (excluding diaryl/α,β-unsaturated/α-hetero) is 1. The van der Waals surface area contributed by atoms with E-state index in [1.54, 1.807) is 11.3 Å². The second kappa shape index (κ2) is 4.52. The second-order valence-corrected chi connectivity index (χ2v) is 5.68. The van der Waals surface area contributed by atoms with Crippen LogP contribution in [0.25, 0.3) is 0 Å². The van der Waals surface area contributed by atoms with E-state index in [4.69, 9.17) is 9.47 Å². The summed E-state index contributed by atoms with van der Waals surface area (Å²) in [7, 11) is 0. The van der Waals surface area contributed by atoms with E-state index in [1.807, 2.05) is 16.8 Å². The predicted octanol–water partition coefficient (Wildman–Crippen LogP) is 2.52. The van der Waals surface area contributed by atoms with Gasteiger partial charge in [-0.3, -0.25) is 4.79 Å². The Kier molecular flexibility index (Phi) is 3.03. The first-order chi connectivity index (χ1) is 8.29. The summed E-state index contributed by atoms with van der Waals surface area (Å²) in [4.78, 5) is 12.3. The Hall–Kier alpha value is -0.710. The third-order valence-electron chi connectivity index (χ3n) is 3.74. The van der Waals surface area contributed by atoms with Crippen molar-refractivity contribution < 1.29 is 14.3 Å². The van der Waals surface area contributed by atoms with E-state index < -0.39 is 0 Å². The molecule has 3 heterocycles. The maximum atomic E-state index is 12.3. The van der Waals surface area contributed by atoms with Crippen LogP contribution in [0, 0.1) is 5.92 Å². The molecular weight excluding hydrogens is 236 g/mol. The topological polar surface area (TPSA) is 35.5 Å². The zero-order valence-electron chi connectivity index (χ0n) is 9.69. The van der Waals surface area contributed by atoms with Crippen LogP contribution in [0.4, 0.5) is 0 Å². The Bertz CT molecular complexity index is 393. The molecule has 17 heavy (non-hydrogen) atoms. The molecule has 1 aromatic rings. The van der Waals surface area contributed by atoms with Crippen LogP contribution >= 0.6 is 11.3 Å². The molecule has 0 saturated carbocycles. The second-order valence-electron chi connectivity index (χ2n) is 4.90. The van der Waals surface area contributed by atoms with E-state index in [-0.39, 0.29) is 17.3 Å². The molecule has 1 spiro atoms. The van der Waals surface area contributed by atoms with Gasteiger partial charge < -0.3 is 9.47 Å². The van der Waals surface area contributed by atoms with Gasteiger partial charge in [0.2, 0.25) is 0 Å². The summed E-state index contributed by atoms with van der Waals surface area (Å²) in [5.41, 5.74) is 0.685. The average molecular weight is 252 g/mol. The van der Waals surface area contributed by atoms with Gasteiger partial charge in [0, 0.05) is 36.5 Å². The highest BCUT2D eigenvalue weighted by atomic mass is 32.1. The van der Waals surface area contributed by atoms with Crippen LogP contribution < -0.4 is 0 Å². The summed E-state index contributed by atoms with van der Waals surface area (Å²) in [5, 5.41) is 3.90. The molecular formula is C13H16O3S. The molecule has 92 valence electrons. The normalized spacial score (nSPS) is 33.1. The van der Waals surface area contributed by atoms with Gasteiger partial charge in [-0.05, 0) is 24.3 Å². The molecule has 1 aromatic heterocycles. The summed E-state index contributed by atoms with van der Waals surface area (Å²) < 4.78 is 11.3. The lowest BCUT2D eigenvalue weighted by Gasteiger charge is -2.36. The smallest absolute Gasteiger partial charge is 0.166 e. The molecule has 3 nitrogen and oxygen atoms in total. The maximum Gasteiger partial charge on any atom is 0.166 e. The third-order valence-corrected chi connectivity index (χ3v) is 4.42. The number of ketones is 1. The van der Waals surface area contributed by atoms with Crippen molar-refractivity contribution in [1.82, 2.24) is 0 Å². The number of carbonyl (C=O) groups excluding carboxylic acids is 1. The molecule has 2 fully saturated rings. The van der Waals surface area contributed by atoms with Crippen molar-refractivity contribution in [3.05, 3.63) is 22.4 Å². The maximum absolute atomic E-state index is 12.3. The lowest BCUT2D eigenvalue weighted by atomic mass is 9.81. The largest absolute Gasteiger partial charge is 0.378 e. The van der Waals surface area contributed by atoms with Gasteiger partial charge in [0.1, 0.15) is 0 Å². The Morgan fingerprint density at radius 3 is 3.12 bits per heavy atom. The molecule has 0 aliphatic carbocycles. The summed E-state index contributed by atoms with van der Waals surface area (Å²) in [6, 6.07) is 1.92. The Morgan fingerprint density at radius 1 is 1.47 bits per heavy atom. The van der Waals surface area contributed by atoms with Crippen molar-refractivity contribution >= 4 is 17.1 Å². The number of thiophene rings is 1. The molecule has 2 aliphatic heterocycles. The quantitative estimate of drug-likeness (QED) is 0.759. The lowest BCUT2D eigenvalue weighted by molar-refractivity contribution is -0.0920. The fraction of sp³-hybridized carbons (Fsp3) is 0.615. The minimum atomic E-state index is -0.172. The van der Waals surface area contributed by atoms with Crippen molar-refractivity contribution in [1.29, 1.82) is 0 Å². The Morgan fingerprint density at radius 2 is 2.41 bits per heavy atom. The molecule has 3 rings (SSSR count). The lowest BCUT2D eigenvalue weighted by Crippen LogP contribution is -2.42. The van der Waals surface area contributed by atoms with Crippen LogP contribution in [0.5, 0.6) is 0 Å². The van der Waals surface area contributed by atoms with Crippen LogP contribution in [-0.4, -0.2) is 31.2 Å². The number of rotatable bonds is 2. The zero-order valence-corrected chi connectivity index (χ0v) is 10.5. The van der Waals surface area contributed by atoms with Crippen LogP contribution in [0.3, 0.4) is 0 Å². The first-order valence-electron chi connectivity index (χ1n) is 6.07. The van der Waals surface area contributed by atoms with E-state index in [9.17, 15) is 4.79 Å². The minimum Gasteiger partial charge on any atom is -0.378 e. The fourth-order valence-electron chi connectivity index (χ4n) is 2.76. The molecule has 2 saturated heterocycles. The Balaban J connectivity index is 1.73. The van der Waals surface area contributed by atoms with Gasteiger partial charge in [0.15, 0.2) is 5.78 Å². The highest BCUT2D eigenvalue weighted by Crippen LogP contribution is 2.37. The van der Waals surface area contributed by atoms with Gasteiger partial charge in [0.25, 0.3) is 0 Å². The molecule has 2 atom stereocenters. The van der Waals surface area contributed by atoms with Gasteiger partial charge in [-0.15, -0.1) is 0 Å². The van der Waals surface area contributed by atoms with Crippen molar-refractivity contribution in [3.8, 4) is 0 Å². The summed E-state index contributed by atoms with van der Waals surface area (Å²) in [5.74, 6) is 0.390. The van der Waals surface area contributed by atoms with Gasteiger partial charge in [0.05, 0.1) is 12.2 Å². The van der Waals surface area contributed by atoms with E-state index in [0.29, 0.717) is 13.2 Å². The van der Waals surface area contributed by atoms with E-state index in [2.05, 4.69) is 0 Å². The number of hydrogen-bond acceptors (Lipinski definition) is 4. The van der Waals surface area contributed by atoms with Gasteiger partial charge >= 0.3 is 0 Å². The fourth-order valence-corrected chi connectivity index (χ4v) is 3.40. The highest BCUT2D eigenvalue weighted by molar-refractivity contribution is 7.08. The molecule has 0 aromatic carbocycles. The summed E-state index contributed by atoms with van der Waals surface area (Å²) >= 11 is 1.58. The van der Waals surface area contributed by atoms with Crippen LogP contribution in [-0.2, 0) is 9.47 Å². The number of ether oxygens (including phenoxy) is 2. The monoisotopic (exact) mass is 252 g/mol. The van der Waals surface area contributed by atoms with Crippen molar-refractivity contribution in [2.24, 2.45) is 5.92 Å². The summed E-state index contributed by atoms with van der Waals surface area (Å²) in [6.07, 6.45) is 2.60. The number of carbonyl (C=O) groups is 1. The van der Waals surface area contributed by atoms with Gasteiger partial charge in [-0.2, -0.15) is 11.3 Å². The van der Waals surface area contributed by atoms with Crippen LogP contribution in [0.2, 0.25) is 0 Å². The van der Waals surface area contributed by atoms with Crippen molar-refractivity contribution in [2.75, 3.05) is 19.8 Å². The van der Waals surface area contributed by atoms with Gasteiger partial charge in [-0.25, -0.2) is 0 Å². The van der Waals surface area contributed by atoms with E-state index in [0.717, 1.165) is 31.4 Å². The molecule has 4 heteroatoms. The van der Waals surface area contributed by atoms with Gasteiger partial charge in [-0.1, -0.05) is 0 Å². The van der Waals surface area contributed by atoms with Crippen LogP contribution in [0.1, 0.15) is 29.6 Å². The SMILES string of the molecule is O=C(c1ccsc1)C1CCOC2(CCOC2)C1. The summed E-state index contributed by atoms with van der Waals surface area (Å²) in [6.45, 7) is 2.10. The van der Waals surface area contributed by atoms with E-state index in [1.165, 1.54) is 0 Å². The minimum absolute atomic E-state index is 0.111. The van der Waals surface area contributed by atoms with Crippen molar-refractivity contribution in [3.63, 3.8) is 0 Å². The zero-order chi connectivity index (χ0) is 11.7. The first-order valence-corrected chi connectivity index (χ1v) is 7.02. The molecule has 0 amide bonds. The third kappa shape index (κ3) is 2.17. The average Bonchev–Trinajstić information content (AvgIpc) is 3.00. The molecule has 0 bridgehead atoms. The van der Waals surface area contributed by atoms with E-state index >= 15 is 0 Å². The molecule has 2 aliphatic rings. The van der Waals surface area contributed by atoms with Crippen molar-refractivity contribution in [2.45, 2.75) is 24.9 Å². The number of hydrogen-bond donors (Lipinski definition) is 0. The molecule has 0 N–H and O–H groups in total.